The van der Waals surface area contributed by atoms with E-state index in [2.05, 4.69) is 25.4 Å². The largest absolute Gasteiger partial charge is 0.506 e. The smallest absolute Gasteiger partial charge is 0.147 e. The number of pyridine rings is 2. The third-order valence-electron chi connectivity index (χ3n) is 5.90. The molecule has 7 nitrogen and oxygen atoms in total. The molecule has 0 spiro atoms. The van der Waals surface area contributed by atoms with Crippen LogP contribution in [0.25, 0.3) is 21.8 Å². The van der Waals surface area contributed by atoms with Crippen LogP contribution in [0.4, 0.5) is 5.82 Å². The molecule has 1 aliphatic rings. The lowest BCUT2D eigenvalue weighted by atomic mass is 10.0. The highest BCUT2D eigenvalue weighted by Gasteiger charge is 2.16. The molecule has 32 heavy (non-hydrogen) atoms. The molecule has 0 bridgehead atoms. The van der Waals surface area contributed by atoms with E-state index >= 15 is 0 Å². The molecular formula is C25H25N5O2. The van der Waals surface area contributed by atoms with Crippen LogP contribution >= 0.6 is 0 Å². The molecule has 0 amide bonds. The maximum absolute atomic E-state index is 10.9. The molecule has 2 aromatic heterocycles. The Morgan fingerprint density at radius 3 is 2.75 bits per heavy atom. The van der Waals surface area contributed by atoms with Gasteiger partial charge in [0.2, 0.25) is 0 Å². The van der Waals surface area contributed by atoms with Crippen LogP contribution in [0.2, 0.25) is 0 Å². The fourth-order valence-corrected chi connectivity index (χ4v) is 4.26. The van der Waals surface area contributed by atoms with Gasteiger partial charge in [0.15, 0.2) is 0 Å². The number of piperidine rings is 1. The van der Waals surface area contributed by atoms with E-state index in [-0.39, 0.29) is 11.5 Å². The van der Waals surface area contributed by atoms with E-state index in [1.807, 2.05) is 36.4 Å². The van der Waals surface area contributed by atoms with E-state index in [9.17, 15) is 10.2 Å². The van der Waals surface area contributed by atoms with E-state index < -0.39 is 0 Å². The second-order valence-corrected chi connectivity index (χ2v) is 8.13. The monoisotopic (exact) mass is 427 g/mol. The quantitative estimate of drug-likeness (QED) is 0.318. The fraction of sp³-hybridized carbons (Fsp3) is 0.240. The van der Waals surface area contributed by atoms with Crippen molar-refractivity contribution in [3.8, 4) is 11.5 Å². The average Bonchev–Trinajstić information content (AvgIpc) is 2.83. The summed E-state index contributed by atoms with van der Waals surface area (Å²) >= 11 is 0. The number of hydrogen-bond donors (Lipinski definition) is 3. The highest BCUT2D eigenvalue weighted by atomic mass is 16.3. The number of anilines is 1. The number of rotatable bonds is 5. The second kappa shape index (κ2) is 8.80. The van der Waals surface area contributed by atoms with E-state index in [1.54, 1.807) is 24.5 Å². The minimum Gasteiger partial charge on any atom is -0.506 e. The van der Waals surface area contributed by atoms with Gasteiger partial charge in [-0.15, -0.1) is 0 Å². The molecule has 0 saturated carbocycles. The number of hydrazone groups is 1. The number of nitrogens with one attached hydrogen (secondary N) is 1. The van der Waals surface area contributed by atoms with Gasteiger partial charge < -0.3 is 10.2 Å². The van der Waals surface area contributed by atoms with Gasteiger partial charge in [-0.2, -0.15) is 5.10 Å². The van der Waals surface area contributed by atoms with Crippen molar-refractivity contribution in [3.63, 3.8) is 0 Å². The van der Waals surface area contributed by atoms with Crippen LogP contribution < -0.4 is 5.43 Å². The molecule has 0 unspecified atom stereocenters. The first-order valence-corrected chi connectivity index (χ1v) is 10.9. The summed E-state index contributed by atoms with van der Waals surface area (Å²) in [4.78, 5) is 11.2. The molecular weight excluding hydrogens is 402 g/mol. The molecule has 1 saturated heterocycles. The third kappa shape index (κ3) is 4.07. The molecule has 0 aliphatic carbocycles. The maximum atomic E-state index is 10.9. The van der Waals surface area contributed by atoms with Gasteiger partial charge in [-0.1, -0.05) is 24.6 Å². The molecule has 5 rings (SSSR count). The zero-order chi connectivity index (χ0) is 21.9. The van der Waals surface area contributed by atoms with Gasteiger partial charge in [-0.3, -0.25) is 15.3 Å². The molecule has 3 heterocycles. The van der Waals surface area contributed by atoms with Crippen LogP contribution in [0, 0.1) is 0 Å². The van der Waals surface area contributed by atoms with Crippen molar-refractivity contribution in [2.45, 2.75) is 25.8 Å². The minimum atomic E-state index is 0.132. The molecule has 1 aliphatic heterocycles. The lowest BCUT2D eigenvalue weighted by Crippen LogP contribution is -2.29. The van der Waals surface area contributed by atoms with Crippen LogP contribution in [-0.4, -0.2) is 44.4 Å². The zero-order valence-electron chi connectivity index (χ0n) is 17.7. The summed E-state index contributed by atoms with van der Waals surface area (Å²) < 4.78 is 0. The SMILES string of the molecule is Oc1cccc2ccc(N/N=C/c3cc(CN4CCCCC4)c(O)c4ncccc34)nc12. The van der Waals surface area contributed by atoms with Crippen molar-refractivity contribution in [1.29, 1.82) is 0 Å². The number of likely N-dealkylation sites (tertiary alicyclic amines) is 1. The Bertz CT molecular complexity index is 1300. The Balaban J connectivity index is 1.44. The highest BCUT2D eigenvalue weighted by molar-refractivity contribution is 6.01. The predicted molar refractivity (Wildman–Crippen MR) is 127 cm³/mol. The van der Waals surface area contributed by atoms with Gasteiger partial charge in [0.1, 0.15) is 28.4 Å². The summed E-state index contributed by atoms with van der Waals surface area (Å²) in [5, 5.41) is 27.0. The number of phenols is 2. The summed E-state index contributed by atoms with van der Waals surface area (Å²) in [5.74, 6) is 0.904. The normalized spacial score (nSPS) is 15.0. The van der Waals surface area contributed by atoms with Gasteiger partial charge in [0.25, 0.3) is 0 Å². The van der Waals surface area contributed by atoms with Crippen LogP contribution in [0.1, 0.15) is 30.4 Å². The molecule has 162 valence electrons. The summed E-state index contributed by atoms with van der Waals surface area (Å²) in [7, 11) is 0. The first-order chi connectivity index (χ1) is 15.7. The summed E-state index contributed by atoms with van der Waals surface area (Å²) in [6.45, 7) is 2.79. The number of nitrogens with zero attached hydrogens (tertiary/aromatic N) is 4. The fourth-order valence-electron chi connectivity index (χ4n) is 4.26. The Kier molecular flexibility index (Phi) is 5.56. The number of phenolic OH excluding ortho intramolecular Hbond substituents is 2. The van der Waals surface area contributed by atoms with E-state index in [0.29, 0.717) is 23.4 Å². The van der Waals surface area contributed by atoms with Crippen molar-refractivity contribution >= 4 is 33.8 Å². The molecule has 0 radical (unpaired) electrons. The van der Waals surface area contributed by atoms with Crippen LogP contribution in [0.3, 0.4) is 0 Å². The molecule has 4 aromatic rings. The van der Waals surface area contributed by atoms with Crippen LogP contribution in [0.5, 0.6) is 11.5 Å². The summed E-state index contributed by atoms with van der Waals surface area (Å²) in [6.07, 6.45) is 7.07. The molecule has 7 heteroatoms. The Labute approximate surface area is 186 Å². The Morgan fingerprint density at radius 1 is 1.00 bits per heavy atom. The van der Waals surface area contributed by atoms with Crippen LogP contribution in [-0.2, 0) is 6.54 Å². The number of hydrogen-bond acceptors (Lipinski definition) is 7. The summed E-state index contributed by atoms with van der Waals surface area (Å²) in [6, 6.07) is 14.8. The van der Waals surface area contributed by atoms with Gasteiger partial charge in [-0.05, 0) is 56.3 Å². The van der Waals surface area contributed by atoms with Gasteiger partial charge in [0, 0.05) is 34.6 Å². The first kappa shape index (κ1) is 20.2. The van der Waals surface area contributed by atoms with Crippen molar-refractivity contribution in [1.82, 2.24) is 14.9 Å². The van der Waals surface area contributed by atoms with Crippen LogP contribution in [0.15, 0.2) is 59.8 Å². The van der Waals surface area contributed by atoms with Crippen molar-refractivity contribution < 1.29 is 10.2 Å². The molecule has 2 aromatic carbocycles. The second-order valence-electron chi connectivity index (χ2n) is 8.13. The zero-order valence-corrected chi connectivity index (χ0v) is 17.7. The molecule has 3 N–H and O–H groups in total. The van der Waals surface area contributed by atoms with E-state index in [1.165, 1.54) is 19.3 Å². The highest BCUT2D eigenvalue weighted by Crippen LogP contribution is 2.31. The predicted octanol–water partition coefficient (Wildman–Crippen LogP) is 4.63. The van der Waals surface area contributed by atoms with Crippen molar-refractivity contribution in [2.75, 3.05) is 18.5 Å². The van der Waals surface area contributed by atoms with Crippen molar-refractivity contribution in [3.05, 3.63) is 65.9 Å². The first-order valence-electron chi connectivity index (χ1n) is 10.9. The van der Waals surface area contributed by atoms with Gasteiger partial charge in [0.05, 0.1) is 6.21 Å². The number of aromatic hydroxyl groups is 2. The van der Waals surface area contributed by atoms with Crippen molar-refractivity contribution in [2.24, 2.45) is 5.10 Å². The molecule has 1 fully saturated rings. The lowest BCUT2D eigenvalue weighted by molar-refractivity contribution is 0.218. The minimum absolute atomic E-state index is 0.132. The third-order valence-corrected chi connectivity index (χ3v) is 5.90. The number of para-hydroxylation sites is 1. The number of fused-ring (bicyclic) bond motifs is 2. The molecule has 0 atom stereocenters. The maximum Gasteiger partial charge on any atom is 0.147 e. The average molecular weight is 428 g/mol. The van der Waals surface area contributed by atoms with E-state index in [0.717, 1.165) is 35.0 Å². The topological polar surface area (TPSA) is 93.9 Å². The number of benzene rings is 2. The lowest BCUT2D eigenvalue weighted by Gasteiger charge is -2.27. The van der Waals surface area contributed by atoms with Gasteiger partial charge >= 0.3 is 0 Å². The number of aromatic nitrogens is 2. The standard InChI is InChI=1S/C25H25N5O2/c31-21-8-4-6-17-9-10-22(28-23(17)21)29-27-15-18-14-19(16-30-12-2-1-3-13-30)25(32)24-20(18)7-5-11-26-24/h4-11,14-15,31-32H,1-3,12-13,16H2,(H,28,29)/b27-15+. The Hall–Kier alpha value is -3.71. The van der Waals surface area contributed by atoms with Gasteiger partial charge in [-0.25, -0.2) is 4.98 Å². The van der Waals surface area contributed by atoms with E-state index in [4.69, 9.17) is 0 Å². The Morgan fingerprint density at radius 2 is 1.88 bits per heavy atom. The summed E-state index contributed by atoms with van der Waals surface area (Å²) in [5.41, 5.74) is 5.78.